The number of ether oxygens (including phenoxy) is 1. The molecule has 2 saturated heterocycles. The SMILES string of the molecule is O=C(CN1C(=O)N(c2ccccc2)C(=O)C2OC3CCCCC3C21)Nc1ccc(F)cc1. The van der Waals surface area contributed by atoms with Crippen molar-refractivity contribution in [3.05, 3.63) is 60.4 Å². The van der Waals surface area contributed by atoms with Crippen molar-refractivity contribution in [3.8, 4) is 0 Å². The lowest BCUT2D eigenvalue weighted by atomic mass is 9.81. The van der Waals surface area contributed by atoms with Gasteiger partial charge >= 0.3 is 6.03 Å². The van der Waals surface area contributed by atoms with E-state index >= 15 is 0 Å². The molecule has 1 aliphatic carbocycles. The van der Waals surface area contributed by atoms with E-state index in [1.165, 1.54) is 29.2 Å². The second kappa shape index (κ2) is 8.35. The van der Waals surface area contributed by atoms with Crippen molar-refractivity contribution in [3.63, 3.8) is 0 Å². The van der Waals surface area contributed by atoms with E-state index in [1.54, 1.807) is 30.3 Å². The molecule has 2 heterocycles. The fraction of sp³-hybridized carbons (Fsp3) is 0.375. The normalized spacial score (nSPS) is 27.2. The molecule has 5 rings (SSSR count). The number of carbonyl (C=O) groups is 3. The fourth-order valence-corrected chi connectivity index (χ4v) is 5.13. The number of para-hydroxylation sites is 1. The van der Waals surface area contributed by atoms with Crippen LogP contribution in [0.15, 0.2) is 54.6 Å². The maximum absolute atomic E-state index is 13.5. The smallest absolute Gasteiger partial charge is 0.332 e. The van der Waals surface area contributed by atoms with Gasteiger partial charge in [-0.1, -0.05) is 31.0 Å². The second-order valence-corrected chi connectivity index (χ2v) is 8.51. The van der Waals surface area contributed by atoms with Gasteiger partial charge in [-0.3, -0.25) is 9.59 Å². The van der Waals surface area contributed by atoms with Gasteiger partial charge in [0.15, 0.2) is 6.10 Å². The molecular formula is C24H24FN3O4. The summed E-state index contributed by atoms with van der Waals surface area (Å²) in [5.41, 5.74) is 0.884. The first-order chi connectivity index (χ1) is 15.5. The lowest BCUT2D eigenvalue weighted by Crippen LogP contribution is -2.65. The van der Waals surface area contributed by atoms with Crippen LogP contribution < -0.4 is 10.2 Å². The molecule has 0 radical (unpaired) electrons. The number of amides is 4. The Morgan fingerprint density at radius 2 is 1.75 bits per heavy atom. The number of urea groups is 1. The van der Waals surface area contributed by atoms with Gasteiger partial charge in [-0.05, 0) is 49.2 Å². The zero-order valence-electron chi connectivity index (χ0n) is 17.4. The third-order valence-electron chi connectivity index (χ3n) is 6.54. The van der Waals surface area contributed by atoms with E-state index in [0.29, 0.717) is 11.4 Å². The molecule has 7 nitrogen and oxygen atoms in total. The first-order valence-corrected chi connectivity index (χ1v) is 10.9. The Kier molecular flexibility index (Phi) is 5.38. The summed E-state index contributed by atoms with van der Waals surface area (Å²) in [6, 6.07) is 13.1. The van der Waals surface area contributed by atoms with Gasteiger partial charge in [-0.15, -0.1) is 0 Å². The number of hydrogen-bond acceptors (Lipinski definition) is 4. The highest BCUT2D eigenvalue weighted by Crippen LogP contribution is 2.43. The van der Waals surface area contributed by atoms with Gasteiger partial charge in [0, 0.05) is 11.6 Å². The van der Waals surface area contributed by atoms with E-state index in [2.05, 4.69) is 5.32 Å². The number of carbonyl (C=O) groups excluding carboxylic acids is 3. The molecule has 3 fully saturated rings. The van der Waals surface area contributed by atoms with Gasteiger partial charge in [0.2, 0.25) is 5.91 Å². The third kappa shape index (κ3) is 3.64. The molecule has 166 valence electrons. The van der Waals surface area contributed by atoms with Gasteiger partial charge in [0.1, 0.15) is 12.4 Å². The Balaban J connectivity index is 1.44. The molecule has 4 amide bonds. The first kappa shape index (κ1) is 20.6. The second-order valence-electron chi connectivity index (χ2n) is 8.51. The summed E-state index contributed by atoms with van der Waals surface area (Å²) >= 11 is 0. The number of benzene rings is 2. The highest BCUT2D eigenvalue weighted by molar-refractivity contribution is 6.18. The van der Waals surface area contributed by atoms with Crippen molar-refractivity contribution in [1.29, 1.82) is 0 Å². The molecule has 32 heavy (non-hydrogen) atoms. The highest BCUT2D eigenvalue weighted by atomic mass is 19.1. The summed E-state index contributed by atoms with van der Waals surface area (Å²) < 4.78 is 19.3. The molecule has 4 atom stereocenters. The monoisotopic (exact) mass is 437 g/mol. The predicted octanol–water partition coefficient (Wildman–Crippen LogP) is 3.56. The number of fused-ring (bicyclic) bond motifs is 3. The highest BCUT2D eigenvalue weighted by Gasteiger charge is 2.57. The number of halogens is 1. The van der Waals surface area contributed by atoms with Crippen molar-refractivity contribution >= 4 is 29.2 Å². The average molecular weight is 437 g/mol. The van der Waals surface area contributed by atoms with E-state index in [4.69, 9.17) is 4.74 Å². The van der Waals surface area contributed by atoms with Crippen molar-refractivity contribution in [2.75, 3.05) is 16.8 Å². The molecule has 4 unspecified atom stereocenters. The lowest BCUT2D eigenvalue weighted by Gasteiger charge is -2.42. The van der Waals surface area contributed by atoms with Crippen molar-refractivity contribution in [2.24, 2.45) is 5.92 Å². The maximum atomic E-state index is 13.5. The number of rotatable bonds is 4. The van der Waals surface area contributed by atoms with E-state index in [-0.39, 0.29) is 24.5 Å². The number of anilines is 2. The average Bonchev–Trinajstić information content (AvgIpc) is 3.19. The van der Waals surface area contributed by atoms with E-state index in [0.717, 1.165) is 30.6 Å². The number of nitrogens with zero attached hydrogens (tertiary/aromatic N) is 2. The predicted molar refractivity (Wildman–Crippen MR) is 115 cm³/mol. The van der Waals surface area contributed by atoms with Gasteiger partial charge < -0.3 is 15.0 Å². The zero-order valence-corrected chi connectivity index (χ0v) is 17.4. The van der Waals surface area contributed by atoms with Crippen LogP contribution in [-0.4, -0.2) is 47.5 Å². The number of imide groups is 1. The quantitative estimate of drug-likeness (QED) is 0.793. The van der Waals surface area contributed by atoms with Crippen molar-refractivity contribution in [1.82, 2.24) is 4.90 Å². The lowest BCUT2D eigenvalue weighted by molar-refractivity contribution is -0.133. The van der Waals surface area contributed by atoms with Crippen LogP contribution in [0.4, 0.5) is 20.6 Å². The minimum absolute atomic E-state index is 0.0261. The number of nitrogens with one attached hydrogen (secondary N) is 1. The molecule has 8 heteroatoms. The third-order valence-corrected chi connectivity index (χ3v) is 6.54. The Morgan fingerprint density at radius 1 is 1.03 bits per heavy atom. The van der Waals surface area contributed by atoms with E-state index < -0.39 is 29.9 Å². The molecule has 0 bridgehead atoms. The van der Waals surface area contributed by atoms with Gasteiger partial charge in [-0.25, -0.2) is 14.1 Å². The van der Waals surface area contributed by atoms with Gasteiger partial charge in [-0.2, -0.15) is 0 Å². The summed E-state index contributed by atoms with van der Waals surface area (Å²) in [5, 5.41) is 2.71. The van der Waals surface area contributed by atoms with Crippen LogP contribution in [0.25, 0.3) is 0 Å². The van der Waals surface area contributed by atoms with Gasteiger partial charge in [0.25, 0.3) is 5.91 Å². The van der Waals surface area contributed by atoms with E-state index in [9.17, 15) is 18.8 Å². The standard InChI is InChI=1S/C24H24FN3O4/c25-15-10-12-16(13-11-15)26-20(29)14-27-21-18-8-4-5-9-19(18)32-22(21)23(30)28(24(27)31)17-6-2-1-3-7-17/h1-3,6-7,10-13,18-19,21-22H,4-5,8-9,14H2,(H,26,29). The van der Waals surface area contributed by atoms with Crippen molar-refractivity contribution in [2.45, 2.75) is 43.9 Å². The summed E-state index contributed by atoms with van der Waals surface area (Å²) in [5.74, 6) is -1.17. The van der Waals surface area contributed by atoms with Crippen LogP contribution >= 0.6 is 0 Å². The summed E-state index contributed by atoms with van der Waals surface area (Å²) in [7, 11) is 0. The Morgan fingerprint density at radius 3 is 2.50 bits per heavy atom. The molecule has 3 aliphatic rings. The largest absolute Gasteiger partial charge is 0.363 e. The molecule has 0 spiro atoms. The van der Waals surface area contributed by atoms with E-state index in [1.807, 2.05) is 0 Å². The van der Waals surface area contributed by atoms with Crippen molar-refractivity contribution < 1.29 is 23.5 Å². The minimum atomic E-state index is -0.792. The van der Waals surface area contributed by atoms with Crippen LogP contribution in [-0.2, 0) is 14.3 Å². The topological polar surface area (TPSA) is 79.0 Å². The molecule has 2 aromatic rings. The molecule has 1 saturated carbocycles. The van der Waals surface area contributed by atoms with Crippen LogP contribution in [0.2, 0.25) is 0 Å². The van der Waals surface area contributed by atoms with Crippen LogP contribution in [0.5, 0.6) is 0 Å². The Hall–Kier alpha value is -3.26. The Bertz CT molecular complexity index is 1030. The summed E-state index contributed by atoms with van der Waals surface area (Å²) in [6.45, 7) is -0.222. The molecule has 2 aromatic carbocycles. The maximum Gasteiger partial charge on any atom is 0.332 e. The fourth-order valence-electron chi connectivity index (χ4n) is 5.13. The van der Waals surface area contributed by atoms with Gasteiger partial charge in [0.05, 0.1) is 17.8 Å². The Labute approximate surface area is 185 Å². The molecule has 1 N–H and O–H groups in total. The number of hydrogen-bond donors (Lipinski definition) is 1. The molecule has 0 aromatic heterocycles. The molecule has 2 aliphatic heterocycles. The van der Waals surface area contributed by atoms with Crippen LogP contribution in [0.3, 0.4) is 0 Å². The first-order valence-electron chi connectivity index (χ1n) is 10.9. The zero-order chi connectivity index (χ0) is 22.2. The van der Waals surface area contributed by atoms with Crippen LogP contribution in [0.1, 0.15) is 25.7 Å². The minimum Gasteiger partial charge on any atom is -0.363 e. The molecular weight excluding hydrogens is 413 g/mol. The summed E-state index contributed by atoms with van der Waals surface area (Å²) in [4.78, 5) is 42.3. The summed E-state index contributed by atoms with van der Waals surface area (Å²) in [6.07, 6.45) is 2.85. The van der Waals surface area contributed by atoms with Crippen LogP contribution in [0, 0.1) is 11.7 Å².